The number of nitrogens with zero attached hydrogens (tertiary/aromatic N) is 1. The van der Waals surface area contributed by atoms with Gasteiger partial charge in [-0.1, -0.05) is 0 Å². The molecule has 1 heterocycles. The van der Waals surface area contributed by atoms with Crippen LogP contribution in [-0.4, -0.2) is 50.6 Å². The monoisotopic (exact) mass is 376 g/mol. The molecule has 0 aliphatic carbocycles. The molecule has 1 atom stereocenters. The molecule has 0 radical (unpaired) electrons. The highest BCUT2D eigenvalue weighted by Gasteiger charge is 2.28. The summed E-state index contributed by atoms with van der Waals surface area (Å²) < 4.78 is 28.0. The fourth-order valence-electron chi connectivity index (χ4n) is 2.37. The van der Waals surface area contributed by atoms with E-state index in [0.29, 0.717) is 16.6 Å². The average molecular weight is 377 g/mol. The summed E-state index contributed by atoms with van der Waals surface area (Å²) in [5.74, 6) is -1.15. The van der Waals surface area contributed by atoms with Gasteiger partial charge in [-0.3, -0.25) is 0 Å². The van der Waals surface area contributed by atoms with Crippen LogP contribution in [0.2, 0.25) is 0 Å². The van der Waals surface area contributed by atoms with Crippen LogP contribution >= 0.6 is 15.9 Å². The lowest BCUT2D eigenvalue weighted by atomic mass is 10.1. The molecule has 1 aromatic carbocycles. The summed E-state index contributed by atoms with van der Waals surface area (Å²) in [6.45, 7) is 3.15. The molecule has 0 bridgehead atoms. The predicted molar refractivity (Wildman–Crippen MR) is 82.1 cm³/mol. The third kappa shape index (κ3) is 3.63. The zero-order chi connectivity index (χ0) is 15.8. The molecule has 8 heteroatoms. The first-order chi connectivity index (χ1) is 9.70. The van der Waals surface area contributed by atoms with E-state index in [1.54, 1.807) is 6.92 Å². The number of aryl methyl sites for hydroxylation is 1. The van der Waals surface area contributed by atoms with Gasteiger partial charge in [0.1, 0.15) is 0 Å². The van der Waals surface area contributed by atoms with Crippen LogP contribution in [0.5, 0.6) is 0 Å². The van der Waals surface area contributed by atoms with E-state index in [1.165, 1.54) is 12.1 Å². The second-order valence-electron chi connectivity index (χ2n) is 5.28. The molecule has 0 aromatic heterocycles. The number of likely N-dealkylation sites (N-methyl/N-ethyl adjacent to an activating group) is 1. The number of hydrogen-bond donors (Lipinski definition) is 2. The Bertz CT molecular complexity index is 675. The molecular weight excluding hydrogens is 360 g/mol. The van der Waals surface area contributed by atoms with Crippen LogP contribution < -0.4 is 4.72 Å². The number of benzene rings is 1. The van der Waals surface area contributed by atoms with Gasteiger partial charge in [0, 0.05) is 17.1 Å². The third-order valence-corrected chi connectivity index (χ3v) is 6.33. The van der Waals surface area contributed by atoms with Gasteiger partial charge < -0.3 is 10.0 Å². The molecule has 1 aliphatic rings. The topological polar surface area (TPSA) is 86.7 Å². The quantitative estimate of drug-likeness (QED) is 0.829. The van der Waals surface area contributed by atoms with Gasteiger partial charge in [0.2, 0.25) is 10.0 Å². The summed E-state index contributed by atoms with van der Waals surface area (Å²) in [5.41, 5.74) is 0.526. The molecule has 0 amide bonds. The van der Waals surface area contributed by atoms with Crippen LogP contribution in [0.25, 0.3) is 0 Å². The Morgan fingerprint density at radius 3 is 2.67 bits per heavy atom. The van der Waals surface area contributed by atoms with Crippen molar-refractivity contribution in [1.82, 2.24) is 9.62 Å². The van der Waals surface area contributed by atoms with Crippen molar-refractivity contribution < 1.29 is 18.3 Å². The van der Waals surface area contributed by atoms with Gasteiger partial charge in [-0.2, -0.15) is 0 Å². The molecule has 2 N–H and O–H groups in total. The zero-order valence-corrected chi connectivity index (χ0v) is 14.2. The van der Waals surface area contributed by atoms with Gasteiger partial charge in [0.25, 0.3) is 0 Å². The van der Waals surface area contributed by atoms with Crippen molar-refractivity contribution in [2.75, 3.05) is 20.1 Å². The normalized spacial score (nSPS) is 19.9. The van der Waals surface area contributed by atoms with Crippen molar-refractivity contribution in [2.24, 2.45) is 0 Å². The van der Waals surface area contributed by atoms with Gasteiger partial charge in [0.05, 0.1) is 10.5 Å². The Labute approximate surface area is 132 Å². The van der Waals surface area contributed by atoms with Crippen molar-refractivity contribution in [3.8, 4) is 0 Å². The SMILES string of the molecule is Cc1cc(C(=O)O)cc(S(=O)(=O)NC2CCN(C)C2)c1Br. The molecule has 0 saturated carbocycles. The second-order valence-corrected chi connectivity index (χ2v) is 7.75. The Hall–Kier alpha value is -0.960. The average Bonchev–Trinajstić information content (AvgIpc) is 2.76. The van der Waals surface area contributed by atoms with Crippen molar-refractivity contribution in [2.45, 2.75) is 24.3 Å². The van der Waals surface area contributed by atoms with Crippen molar-refractivity contribution in [1.29, 1.82) is 0 Å². The fraction of sp³-hybridized carbons (Fsp3) is 0.462. The number of halogens is 1. The van der Waals surface area contributed by atoms with Crippen LogP contribution in [0.1, 0.15) is 22.3 Å². The summed E-state index contributed by atoms with van der Waals surface area (Å²) in [7, 11) is -1.83. The van der Waals surface area contributed by atoms with Crippen LogP contribution in [0.15, 0.2) is 21.5 Å². The maximum atomic E-state index is 12.5. The number of carboxylic acids is 1. The molecule has 1 unspecified atom stereocenters. The summed E-state index contributed by atoms with van der Waals surface area (Å²) in [6, 6.07) is 2.47. The van der Waals surface area contributed by atoms with E-state index in [0.717, 1.165) is 13.0 Å². The minimum absolute atomic E-state index is 0.0329. The molecule has 1 fully saturated rings. The van der Waals surface area contributed by atoms with Gasteiger partial charge >= 0.3 is 5.97 Å². The van der Waals surface area contributed by atoms with Crippen LogP contribution in [-0.2, 0) is 10.0 Å². The number of carboxylic acid groups (broad SMARTS) is 1. The number of rotatable bonds is 4. The van der Waals surface area contributed by atoms with E-state index >= 15 is 0 Å². The zero-order valence-electron chi connectivity index (χ0n) is 11.8. The first-order valence-electron chi connectivity index (χ1n) is 6.45. The Morgan fingerprint density at radius 1 is 1.48 bits per heavy atom. The fourth-order valence-corrected chi connectivity index (χ4v) is 4.68. The highest BCUT2D eigenvalue weighted by molar-refractivity contribution is 9.10. The Kier molecular flexibility index (Phi) is 4.72. The van der Waals surface area contributed by atoms with E-state index in [2.05, 4.69) is 20.7 Å². The Balaban J connectivity index is 2.37. The lowest BCUT2D eigenvalue weighted by Gasteiger charge is -2.15. The van der Waals surface area contributed by atoms with E-state index in [1.807, 2.05) is 11.9 Å². The molecule has 116 valence electrons. The number of aromatic carboxylic acids is 1. The largest absolute Gasteiger partial charge is 0.478 e. The van der Waals surface area contributed by atoms with Crippen molar-refractivity contribution in [3.63, 3.8) is 0 Å². The number of carbonyl (C=O) groups is 1. The first-order valence-corrected chi connectivity index (χ1v) is 8.72. The van der Waals surface area contributed by atoms with Gasteiger partial charge in [-0.05, 0) is 60.6 Å². The number of sulfonamides is 1. The number of hydrogen-bond acceptors (Lipinski definition) is 4. The van der Waals surface area contributed by atoms with Crippen molar-refractivity contribution in [3.05, 3.63) is 27.7 Å². The molecule has 0 spiro atoms. The first kappa shape index (κ1) is 16.4. The van der Waals surface area contributed by atoms with Gasteiger partial charge in [-0.25, -0.2) is 17.9 Å². The number of nitrogens with one attached hydrogen (secondary N) is 1. The highest BCUT2D eigenvalue weighted by Crippen LogP contribution is 2.28. The van der Waals surface area contributed by atoms with Crippen LogP contribution in [0.4, 0.5) is 0 Å². The van der Waals surface area contributed by atoms with Crippen LogP contribution in [0, 0.1) is 6.92 Å². The molecule has 1 aliphatic heterocycles. The maximum Gasteiger partial charge on any atom is 0.335 e. The van der Waals surface area contributed by atoms with Gasteiger partial charge in [0.15, 0.2) is 0 Å². The summed E-state index contributed by atoms with van der Waals surface area (Å²) in [5, 5.41) is 9.07. The minimum atomic E-state index is -3.76. The van der Waals surface area contributed by atoms with Crippen molar-refractivity contribution >= 4 is 31.9 Å². The van der Waals surface area contributed by atoms with Crippen LogP contribution in [0.3, 0.4) is 0 Å². The molecule has 2 rings (SSSR count). The molecule has 21 heavy (non-hydrogen) atoms. The standard InChI is InChI=1S/C13H17BrN2O4S/c1-8-5-9(13(17)18)6-11(12(8)14)21(19,20)15-10-3-4-16(2)7-10/h5-6,10,15H,3-4,7H2,1-2H3,(H,17,18). The minimum Gasteiger partial charge on any atom is -0.478 e. The maximum absolute atomic E-state index is 12.5. The third-order valence-electron chi connectivity index (χ3n) is 3.47. The summed E-state index contributed by atoms with van der Waals surface area (Å²) >= 11 is 3.24. The molecule has 1 aromatic rings. The smallest absolute Gasteiger partial charge is 0.335 e. The van der Waals surface area contributed by atoms with E-state index in [9.17, 15) is 13.2 Å². The Morgan fingerprint density at radius 2 is 2.14 bits per heavy atom. The lowest BCUT2D eigenvalue weighted by molar-refractivity contribution is 0.0696. The molecule has 1 saturated heterocycles. The molecule has 6 nitrogen and oxygen atoms in total. The van der Waals surface area contributed by atoms with E-state index in [-0.39, 0.29) is 16.5 Å². The highest BCUT2D eigenvalue weighted by atomic mass is 79.9. The van der Waals surface area contributed by atoms with Gasteiger partial charge in [-0.15, -0.1) is 0 Å². The number of likely N-dealkylation sites (tertiary alicyclic amines) is 1. The predicted octanol–water partition coefficient (Wildman–Crippen LogP) is 1.44. The lowest BCUT2D eigenvalue weighted by Crippen LogP contribution is -2.36. The van der Waals surface area contributed by atoms with E-state index < -0.39 is 16.0 Å². The summed E-state index contributed by atoms with van der Waals surface area (Å²) in [6.07, 6.45) is 0.741. The summed E-state index contributed by atoms with van der Waals surface area (Å²) in [4.78, 5) is 13.1. The second kappa shape index (κ2) is 6.04. The molecular formula is C13H17BrN2O4S. The van der Waals surface area contributed by atoms with E-state index in [4.69, 9.17) is 5.11 Å².